The van der Waals surface area contributed by atoms with Crippen LogP contribution in [0, 0.1) is 6.92 Å². The Hall–Kier alpha value is -0.450. The van der Waals surface area contributed by atoms with Gasteiger partial charge in [-0.1, -0.05) is 6.92 Å². The fourth-order valence-electron chi connectivity index (χ4n) is 3.80. The number of hydrogen-bond donors (Lipinski definition) is 1. The summed E-state index contributed by atoms with van der Waals surface area (Å²) in [4.78, 5) is 6.35. The lowest BCUT2D eigenvalue weighted by atomic mass is 9.79. The molecule has 0 aromatic carbocycles. The monoisotopic (exact) mass is 308 g/mol. The molecule has 0 amide bonds. The van der Waals surface area contributed by atoms with Crippen LogP contribution in [-0.4, -0.2) is 22.2 Å². The van der Waals surface area contributed by atoms with Gasteiger partial charge in [0.15, 0.2) is 0 Å². The Kier molecular flexibility index (Phi) is 3.51. The molecule has 2 aliphatic rings. The van der Waals surface area contributed by atoms with E-state index in [-0.39, 0.29) is 16.7 Å². The van der Waals surface area contributed by atoms with E-state index in [0.29, 0.717) is 6.04 Å². The van der Waals surface area contributed by atoms with Crippen LogP contribution in [0.3, 0.4) is 0 Å². The molecule has 1 aromatic heterocycles. The predicted molar refractivity (Wildman–Crippen MR) is 87.9 cm³/mol. The van der Waals surface area contributed by atoms with Gasteiger partial charge in [0.25, 0.3) is 0 Å². The van der Waals surface area contributed by atoms with Gasteiger partial charge in [-0.05, 0) is 53.9 Å². The van der Waals surface area contributed by atoms with E-state index in [0.717, 1.165) is 12.8 Å². The van der Waals surface area contributed by atoms with Crippen molar-refractivity contribution in [1.82, 2.24) is 10.3 Å². The minimum atomic E-state index is -0.242. The molecule has 0 radical (unpaired) electrons. The van der Waals surface area contributed by atoms with E-state index in [4.69, 9.17) is 9.72 Å². The van der Waals surface area contributed by atoms with Crippen LogP contribution in [0.2, 0.25) is 0 Å². The van der Waals surface area contributed by atoms with E-state index < -0.39 is 0 Å². The Balaban J connectivity index is 2.08. The fraction of sp³-hybridized carbons (Fsp3) is 0.824. The van der Waals surface area contributed by atoms with Gasteiger partial charge in [-0.25, -0.2) is 4.98 Å². The molecule has 1 atom stereocenters. The first-order valence-corrected chi connectivity index (χ1v) is 8.95. The van der Waals surface area contributed by atoms with Crippen molar-refractivity contribution in [1.29, 1.82) is 0 Å². The highest BCUT2D eigenvalue weighted by Gasteiger charge is 2.60. The predicted octanol–water partition coefficient (Wildman–Crippen LogP) is 3.94. The van der Waals surface area contributed by atoms with Gasteiger partial charge in [0.2, 0.25) is 0 Å². The maximum absolute atomic E-state index is 6.42. The summed E-state index contributed by atoms with van der Waals surface area (Å²) in [5.41, 5.74) is 0.735. The molecule has 1 N–H and O–H groups in total. The lowest BCUT2D eigenvalue weighted by molar-refractivity contribution is -0.0847. The number of nitrogens with zero attached hydrogens (tertiary/aromatic N) is 1. The smallest absolute Gasteiger partial charge is 0.116 e. The number of rotatable bonds is 4. The lowest BCUT2D eigenvalue weighted by Gasteiger charge is -2.39. The second kappa shape index (κ2) is 4.77. The molecule has 4 heteroatoms. The zero-order valence-corrected chi connectivity index (χ0v) is 15.0. The lowest BCUT2D eigenvalue weighted by Crippen LogP contribution is -2.55. The maximum atomic E-state index is 6.42. The van der Waals surface area contributed by atoms with Crippen LogP contribution in [0.5, 0.6) is 0 Å². The molecule has 1 aliphatic heterocycles. The summed E-state index contributed by atoms with van der Waals surface area (Å²) >= 11 is 1.85. The Morgan fingerprint density at radius 1 is 1.29 bits per heavy atom. The molecule has 1 unspecified atom stereocenters. The summed E-state index contributed by atoms with van der Waals surface area (Å²) in [5.74, 6) is 0. The molecule has 1 saturated heterocycles. The van der Waals surface area contributed by atoms with Gasteiger partial charge < -0.3 is 10.1 Å². The summed E-state index contributed by atoms with van der Waals surface area (Å²) in [6.45, 7) is 13.2. The Labute approximate surface area is 132 Å². The van der Waals surface area contributed by atoms with E-state index >= 15 is 0 Å². The quantitative estimate of drug-likeness (QED) is 0.915. The third kappa shape index (κ3) is 2.55. The van der Waals surface area contributed by atoms with Crippen LogP contribution >= 0.6 is 11.3 Å². The average Bonchev–Trinajstić information content (AvgIpc) is 3.02. The van der Waals surface area contributed by atoms with Gasteiger partial charge in [-0.15, -0.1) is 11.3 Å². The van der Waals surface area contributed by atoms with Crippen molar-refractivity contribution in [2.24, 2.45) is 0 Å². The van der Waals surface area contributed by atoms with E-state index in [9.17, 15) is 0 Å². The highest BCUT2D eigenvalue weighted by Crippen LogP contribution is 2.53. The molecule has 2 heterocycles. The van der Waals surface area contributed by atoms with E-state index in [2.05, 4.69) is 46.9 Å². The van der Waals surface area contributed by atoms with Crippen molar-refractivity contribution in [2.45, 2.75) is 90.0 Å². The summed E-state index contributed by atoms with van der Waals surface area (Å²) < 4.78 is 6.42. The molecular formula is C17H28N2OS. The highest BCUT2D eigenvalue weighted by atomic mass is 32.1. The first-order valence-electron chi connectivity index (χ1n) is 8.14. The van der Waals surface area contributed by atoms with Crippen LogP contribution in [0.15, 0.2) is 0 Å². The molecule has 1 aromatic rings. The number of hydrogen-bond acceptors (Lipinski definition) is 4. The van der Waals surface area contributed by atoms with Gasteiger partial charge in [0, 0.05) is 17.3 Å². The van der Waals surface area contributed by atoms with Gasteiger partial charge in [0.05, 0.1) is 16.9 Å². The highest BCUT2D eigenvalue weighted by molar-refractivity contribution is 7.11. The minimum absolute atomic E-state index is 0.114. The Bertz CT molecular complexity index is 545. The van der Waals surface area contributed by atoms with Gasteiger partial charge in [-0.2, -0.15) is 0 Å². The molecule has 1 saturated carbocycles. The number of ether oxygens (including phenoxy) is 1. The van der Waals surface area contributed by atoms with Crippen molar-refractivity contribution in [2.75, 3.05) is 0 Å². The second-order valence-electron chi connectivity index (χ2n) is 7.75. The number of thiazole rings is 1. The number of aryl methyl sites for hydroxylation is 2. The second-order valence-corrected chi connectivity index (χ2v) is 8.95. The molecule has 3 nitrogen and oxygen atoms in total. The van der Waals surface area contributed by atoms with Crippen LogP contribution in [0.25, 0.3) is 0 Å². The van der Waals surface area contributed by atoms with Crippen LogP contribution in [0.4, 0.5) is 0 Å². The van der Waals surface area contributed by atoms with Crippen LogP contribution in [0.1, 0.15) is 69.5 Å². The maximum Gasteiger partial charge on any atom is 0.116 e. The number of aromatic nitrogens is 1. The van der Waals surface area contributed by atoms with E-state index in [1.807, 2.05) is 11.3 Å². The van der Waals surface area contributed by atoms with Crippen LogP contribution < -0.4 is 5.32 Å². The third-order valence-electron chi connectivity index (χ3n) is 4.87. The molecule has 118 valence electrons. The summed E-state index contributed by atoms with van der Waals surface area (Å²) in [6.07, 6.45) is 4.55. The van der Waals surface area contributed by atoms with Crippen molar-refractivity contribution in [3.63, 3.8) is 0 Å². The zero-order valence-electron chi connectivity index (χ0n) is 14.2. The topological polar surface area (TPSA) is 34.2 Å². The summed E-state index contributed by atoms with van der Waals surface area (Å²) in [7, 11) is 0. The van der Waals surface area contributed by atoms with Crippen molar-refractivity contribution in [3.05, 3.63) is 15.6 Å². The van der Waals surface area contributed by atoms with E-state index in [1.165, 1.54) is 28.4 Å². The van der Waals surface area contributed by atoms with Gasteiger partial charge in [-0.3, -0.25) is 0 Å². The summed E-state index contributed by atoms with van der Waals surface area (Å²) in [5, 5.41) is 5.14. The largest absolute Gasteiger partial charge is 0.367 e. The first-order chi connectivity index (χ1) is 9.69. The number of nitrogens with one attached hydrogen (secondary N) is 1. The van der Waals surface area contributed by atoms with E-state index in [1.54, 1.807) is 0 Å². The molecule has 0 bridgehead atoms. The molecule has 21 heavy (non-hydrogen) atoms. The zero-order chi connectivity index (χ0) is 15.5. The molecule has 1 aliphatic carbocycles. The standard InChI is InChI=1S/C17H28N2OS/c1-7-13-11(2)21-14(18-13)17(19-12-8-9-12)10-15(3,4)20-16(17,5)6/h12,19H,7-10H2,1-6H3. The van der Waals surface area contributed by atoms with Crippen molar-refractivity contribution >= 4 is 11.3 Å². The fourth-order valence-corrected chi connectivity index (χ4v) is 5.10. The Morgan fingerprint density at radius 2 is 1.95 bits per heavy atom. The van der Waals surface area contributed by atoms with Gasteiger partial charge in [0.1, 0.15) is 10.5 Å². The SMILES string of the molecule is CCc1nc(C2(NC3CC3)CC(C)(C)OC2(C)C)sc1C. The summed E-state index contributed by atoms with van der Waals surface area (Å²) in [6, 6.07) is 0.635. The molecular weight excluding hydrogens is 280 g/mol. The molecule has 2 fully saturated rings. The molecule has 3 rings (SSSR count). The van der Waals surface area contributed by atoms with Crippen LogP contribution in [-0.2, 0) is 16.7 Å². The Morgan fingerprint density at radius 3 is 2.38 bits per heavy atom. The average molecular weight is 308 g/mol. The third-order valence-corrected chi connectivity index (χ3v) is 6.05. The normalized spacial score (nSPS) is 30.8. The van der Waals surface area contributed by atoms with Crippen molar-refractivity contribution in [3.8, 4) is 0 Å². The van der Waals surface area contributed by atoms with Gasteiger partial charge >= 0.3 is 0 Å². The van der Waals surface area contributed by atoms with Crippen molar-refractivity contribution < 1.29 is 4.74 Å². The minimum Gasteiger partial charge on any atom is -0.367 e. The first kappa shape index (κ1) is 15.4. The molecule has 0 spiro atoms.